The molecule has 0 aromatic carbocycles. The van der Waals surface area contributed by atoms with Crippen LogP contribution in [0, 0.1) is 11.8 Å². The third-order valence-electron chi connectivity index (χ3n) is 2.11. The molecule has 0 saturated heterocycles. The Morgan fingerprint density at radius 2 is 1.86 bits per heavy atom. The molecule has 0 aliphatic rings. The standard InChI is InChI=1S/C8H18NO4P/c1-5(2)7(9)14(12,13)4-6(3)8(10)11/h5-7H,4,9H2,1-3H3,(H,10,11)(H,12,13). The molecule has 0 aromatic rings. The molecule has 0 saturated carbocycles. The minimum Gasteiger partial charge on any atom is -0.481 e. The quantitative estimate of drug-likeness (QED) is 0.601. The van der Waals surface area contributed by atoms with Crippen LogP contribution >= 0.6 is 7.37 Å². The fourth-order valence-electron chi connectivity index (χ4n) is 1.06. The van der Waals surface area contributed by atoms with Gasteiger partial charge in [0.05, 0.1) is 11.7 Å². The SMILES string of the molecule is CC(CP(=O)(O)C(N)C(C)C)C(=O)O. The van der Waals surface area contributed by atoms with E-state index >= 15 is 0 Å². The molecular weight excluding hydrogens is 205 g/mol. The van der Waals surface area contributed by atoms with Gasteiger partial charge in [-0.3, -0.25) is 9.36 Å². The van der Waals surface area contributed by atoms with Crippen LogP contribution in [0.5, 0.6) is 0 Å². The minimum absolute atomic E-state index is 0.133. The second kappa shape index (κ2) is 4.91. The number of carboxylic acids is 1. The first-order valence-corrected chi connectivity index (χ1v) is 6.39. The molecule has 0 aliphatic heterocycles. The first-order valence-electron chi connectivity index (χ1n) is 4.48. The van der Waals surface area contributed by atoms with Crippen LogP contribution in [0.3, 0.4) is 0 Å². The predicted octanol–water partition coefficient (Wildman–Crippen LogP) is 0.918. The van der Waals surface area contributed by atoms with E-state index in [1.807, 2.05) is 0 Å². The molecule has 0 heterocycles. The first-order chi connectivity index (χ1) is 6.18. The lowest BCUT2D eigenvalue weighted by atomic mass is 10.2. The van der Waals surface area contributed by atoms with Crippen LogP contribution < -0.4 is 5.73 Å². The lowest BCUT2D eigenvalue weighted by molar-refractivity contribution is -0.140. The molecule has 0 bridgehead atoms. The summed E-state index contributed by atoms with van der Waals surface area (Å²) in [7, 11) is -3.55. The van der Waals surface area contributed by atoms with Gasteiger partial charge in [0, 0.05) is 6.16 Å². The third kappa shape index (κ3) is 3.78. The highest BCUT2D eigenvalue weighted by Gasteiger charge is 2.33. The summed E-state index contributed by atoms with van der Waals surface area (Å²) in [6.07, 6.45) is -0.262. The Kier molecular flexibility index (Phi) is 4.78. The Hall–Kier alpha value is -0.380. The highest BCUT2D eigenvalue weighted by atomic mass is 31.2. The Morgan fingerprint density at radius 1 is 1.43 bits per heavy atom. The van der Waals surface area contributed by atoms with E-state index in [4.69, 9.17) is 10.8 Å². The van der Waals surface area contributed by atoms with Gasteiger partial charge in [0.1, 0.15) is 0 Å². The first kappa shape index (κ1) is 13.6. The van der Waals surface area contributed by atoms with Gasteiger partial charge in [-0.15, -0.1) is 0 Å². The van der Waals surface area contributed by atoms with E-state index < -0.39 is 25.0 Å². The van der Waals surface area contributed by atoms with Gasteiger partial charge in [0.2, 0.25) is 7.37 Å². The molecule has 4 N–H and O–H groups in total. The van der Waals surface area contributed by atoms with Crippen molar-refractivity contribution >= 4 is 13.3 Å². The van der Waals surface area contributed by atoms with Gasteiger partial charge in [0.15, 0.2) is 0 Å². The molecule has 0 rings (SSSR count). The molecule has 0 radical (unpaired) electrons. The van der Waals surface area contributed by atoms with Gasteiger partial charge < -0.3 is 15.7 Å². The van der Waals surface area contributed by atoms with Crippen LogP contribution in [-0.2, 0) is 9.36 Å². The van der Waals surface area contributed by atoms with Gasteiger partial charge in [-0.2, -0.15) is 0 Å². The molecule has 0 fully saturated rings. The number of hydrogen-bond acceptors (Lipinski definition) is 3. The zero-order valence-corrected chi connectivity index (χ0v) is 9.57. The van der Waals surface area contributed by atoms with Gasteiger partial charge in [-0.25, -0.2) is 0 Å². The number of carbonyl (C=O) groups is 1. The minimum atomic E-state index is -3.55. The average Bonchev–Trinajstić information content (AvgIpc) is 2.01. The average molecular weight is 223 g/mol. The molecule has 14 heavy (non-hydrogen) atoms. The second-order valence-corrected chi connectivity index (χ2v) is 6.38. The van der Waals surface area contributed by atoms with E-state index in [1.54, 1.807) is 13.8 Å². The Labute approximate surface area is 83.8 Å². The maximum Gasteiger partial charge on any atom is 0.306 e. The molecule has 0 amide bonds. The lowest BCUT2D eigenvalue weighted by Crippen LogP contribution is -2.29. The fraction of sp³-hybridized carbons (Fsp3) is 0.875. The summed E-state index contributed by atoms with van der Waals surface area (Å²) >= 11 is 0. The molecule has 0 spiro atoms. The zero-order valence-electron chi connectivity index (χ0n) is 8.67. The van der Waals surface area contributed by atoms with E-state index in [0.29, 0.717) is 0 Å². The van der Waals surface area contributed by atoms with Crippen molar-refractivity contribution in [2.45, 2.75) is 26.6 Å². The summed E-state index contributed by atoms with van der Waals surface area (Å²) in [6.45, 7) is 4.87. The van der Waals surface area contributed by atoms with Crippen molar-refractivity contribution in [2.75, 3.05) is 6.16 Å². The second-order valence-electron chi connectivity index (χ2n) is 3.91. The summed E-state index contributed by atoms with van der Waals surface area (Å²) in [6, 6.07) is 0. The van der Waals surface area contributed by atoms with Crippen molar-refractivity contribution in [3.63, 3.8) is 0 Å². The summed E-state index contributed by atoms with van der Waals surface area (Å²) in [5.74, 6) is -2.89. The topological polar surface area (TPSA) is 101 Å². The van der Waals surface area contributed by atoms with Gasteiger partial charge in [0.25, 0.3) is 0 Å². The van der Waals surface area contributed by atoms with E-state index in [9.17, 15) is 14.3 Å². The van der Waals surface area contributed by atoms with Crippen LogP contribution in [0.15, 0.2) is 0 Å². The number of carboxylic acid groups (broad SMARTS) is 1. The molecule has 0 aliphatic carbocycles. The summed E-state index contributed by atoms with van der Waals surface area (Å²) in [5, 5.41) is 8.59. The van der Waals surface area contributed by atoms with Crippen molar-refractivity contribution in [3.8, 4) is 0 Å². The fourth-order valence-corrected chi connectivity index (χ4v) is 3.17. The maximum absolute atomic E-state index is 11.6. The third-order valence-corrected chi connectivity index (χ3v) is 4.70. The van der Waals surface area contributed by atoms with Crippen molar-refractivity contribution in [3.05, 3.63) is 0 Å². The number of aliphatic carboxylic acids is 1. The number of hydrogen-bond donors (Lipinski definition) is 3. The van der Waals surface area contributed by atoms with Crippen molar-refractivity contribution < 1.29 is 19.4 Å². The molecular formula is C8H18NO4P. The predicted molar refractivity (Wildman–Crippen MR) is 54.3 cm³/mol. The molecule has 5 nitrogen and oxygen atoms in total. The van der Waals surface area contributed by atoms with Crippen LogP contribution in [0.2, 0.25) is 0 Å². The smallest absolute Gasteiger partial charge is 0.306 e. The zero-order chi connectivity index (χ0) is 11.5. The van der Waals surface area contributed by atoms with E-state index in [1.165, 1.54) is 6.92 Å². The molecule has 3 atom stereocenters. The Balaban J connectivity index is 4.49. The van der Waals surface area contributed by atoms with E-state index in [-0.39, 0.29) is 12.1 Å². The number of nitrogens with two attached hydrogens (primary N) is 1. The molecule has 6 heteroatoms. The van der Waals surface area contributed by atoms with Crippen LogP contribution in [0.25, 0.3) is 0 Å². The Morgan fingerprint density at radius 3 is 2.14 bits per heavy atom. The lowest BCUT2D eigenvalue weighted by Gasteiger charge is -2.23. The maximum atomic E-state index is 11.6. The molecule has 0 aromatic heterocycles. The van der Waals surface area contributed by atoms with Crippen LogP contribution in [0.1, 0.15) is 20.8 Å². The highest BCUT2D eigenvalue weighted by molar-refractivity contribution is 7.58. The highest BCUT2D eigenvalue weighted by Crippen LogP contribution is 2.48. The molecule has 3 unspecified atom stereocenters. The Bertz CT molecular complexity index is 254. The summed E-state index contributed by atoms with van der Waals surface area (Å²) < 4.78 is 11.6. The summed E-state index contributed by atoms with van der Waals surface area (Å²) in [5.41, 5.74) is 5.54. The van der Waals surface area contributed by atoms with Gasteiger partial charge in [-0.05, 0) is 5.92 Å². The van der Waals surface area contributed by atoms with Crippen LogP contribution in [-0.4, -0.2) is 27.9 Å². The van der Waals surface area contributed by atoms with Gasteiger partial charge >= 0.3 is 5.97 Å². The monoisotopic (exact) mass is 223 g/mol. The number of rotatable bonds is 5. The summed E-state index contributed by atoms with van der Waals surface area (Å²) in [4.78, 5) is 20.0. The van der Waals surface area contributed by atoms with Crippen LogP contribution in [0.4, 0.5) is 0 Å². The van der Waals surface area contributed by atoms with Crippen molar-refractivity contribution in [1.82, 2.24) is 0 Å². The van der Waals surface area contributed by atoms with E-state index in [2.05, 4.69) is 0 Å². The van der Waals surface area contributed by atoms with Gasteiger partial charge in [-0.1, -0.05) is 20.8 Å². The van der Waals surface area contributed by atoms with Crippen molar-refractivity contribution in [1.29, 1.82) is 0 Å². The van der Waals surface area contributed by atoms with E-state index in [0.717, 1.165) is 0 Å². The molecule has 84 valence electrons. The van der Waals surface area contributed by atoms with Crippen molar-refractivity contribution in [2.24, 2.45) is 17.6 Å². The normalized spacial score (nSPS) is 20.1. The largest absolute Gasteiger partial charge is 0.481 e.